The van der Waals surface area contributed by atoms with E-state index in [9.17, 15) is 0 Å². The molecule has 4 heteroatoms. The maximum Gasteiger partial charge on any atom is 0.351 e. The van der Waals surface area contributed by atoms with E-state index >= 15 is 0 Å². The maximum atomic E-state index is 6.11. The molecule has 2 aliphatic rings. The van der Waals surface area contributed by atoms with Gasteiger partial charge in [-0.2, -0.15) is 0 Å². The van der Waals surface area contributed by atoms with Gasteiger partial charge in [0, 0.05) is 25.3 Å². The van der Waals surface area contributed by atoms with Crippen molar-refractivity contribution >= 4 is 16.6 Å². The van der Waals surface area contributed by atoms with Gasteiger partial charge in [-0.3, -0.25) is 0 Å². The molecule has 20 heavy (non-hydrogen) atoms. The van der Waals surface area contributed by atoms with Gasteiger partial charge in [0.15, 0.2) is 0 Å². The highest BCUT2D eigenvalue weighted by Gasteiger charge is 2.50. The Morgan fingerprint density at radius 3 is 2.05 bits per heavy atom. The SMILES string of the molecule is CO[Si](OC)(C1C=CC([Si](C)(C)C)=C1)C1CCCCC1. The van der Waals surface area contributed by atoms with Gasteiger partial charge in [-0.1, -0.05) is 62.3 Å². The summed E-state index contributed by atoms with van der Waals surface area (Å²) in [7, 11) is 0.342. The minimum atomic E-state index is -2.17. The van der Waals surface area contributed by atoms with Gasteiger partial charge in [0.25, 0.3) is 0 Å². The highest BCUT2D eigenvalue weighted by molar-refractivity contribution is 6.84. The molecule has 1 unspecified atom stereocenters. The van der Waals surface area contributed by atoms with Crippen LogP contribution in [0.25, 0.3) is 0 Å². The highest BCUT2D eigenvalue weighted by Crippen LogP contribution is 2.47. The fraction of sp³-hybridized carbons (Fsp3) is 0.750. The third-order valence-corrected chi connectivity index (χ3v) is 11.3. The molecule has 0 N–H and O–H groups in total. The zero-order chi connectivity index (χ0) is 14.8. The van der Waals surface area contributed by atoms with Gasteiger partial charge in [-0.05, 0) is 12.8 Å². The third kappa shape index (κ3) is 3.03. The number of hydrogen-bond donors (Lipinski definition) is 0. The average molecular weight is 311 g/mol. The van der Waals surface area contributed by atoms with Gasteiger partial charge in [0.1, 0.15) is 0 Å². The molecule has 0 bridgehead atoms. The van der Waals surface area contributed by atoms with Crippen molar-refractivity contribution in [2.24, 2.45) is 0 Å². The zero-order valence-corrected chi connectivity index (χ0v) is 15.7. The first-order chi connectivity index (χ1) is 9.44. The van der Waals surface area contributed by atoms with Crippen molar-refractivity contribution in [1.29, 1.82) is 0 Å². The summed E-state index contributed by atoms with van der Waals surface area (Å²) in [4.78, 5) is 0. The maximum absolute atomic E-state index is 6.11. The van der Waals surface area contributed by atoms with Crippen molar-refractivity contribution in [1.82, 2.24) is 0 Å². The van der Waals surface area contributed by atoms with Crippen molar-refractivity contribution in [3.63, 3.8) is 0 Å². The molecule has 0 radical (unpaired) electrons. The Morgan fingerprint density at radius 2 is 1.60 bits per heavy atom. The molecule has 0 heterocycles. The number of rotatable bonds is 5. The largest absolute Gasteiger partial charge is 0.397 e. The van der Waals surface area contributed by atoms with Crippen LogP contribution in [-0.4, -0.2) is 30.9 Å². The molecule has 1 fully saturated rings. The topological polar surface area (TPSA) is 18.5 Å². The molecule has 0 amide bonds. The van der Waals surface area contributed by atoms with Crippen LogP contribution in [0, 0.1) is 0 Å². The second-order valence-corrected chi connectivity index (χ2v) is 16.0. The normalized spacial score (nSPS) is 25.1. The van der Waals surface area contributed by atoms with E-state index in [1.165, 1.54) is 32.1 Å². The Kier molecular flexibility index (Phi) is 5.11. The monoisotopic (exact) mass is 310 g/mol. The van der Waals surface area contributed by atoms with E-state index in [2.05, 4.69) is 37.9 Å². The smallest absolute Gasteiger partial charge is 0.351 e. The lowest BCUT2D eigenvalue weighted by atomic mass is 10.0. The van der Waals surface area contributed by atoms with Crippen LogP contribution in [-0.2, 0) is 8.85 Å². The third-order valence-electron chi connectivity index (χ3n) is 4.99. The molecule has 0 saturated heterocycles. The molecule has 1 saturated carbocycles. The minimum absolute atomic E-state index is 0.405. The number of allylic oxidation sites excluding steroid dienone is 4. The molecule has 2 rings (SSSR count). The summed E-state index contributed by atoms with van der Waals surface area (Å²) >= 11 is 0. The standard InChI is InChI=1S/C16H30O2Si2/c1-17-20(18-2,14-9-7-6-8-10-14)16-12-11-15(13-16)19(3,4)5/h11-14,16H,6-10H2,1-5H3. The lowest BCUT2D eigenvalue weighted by Crippen LogP contribution is -2.49. The molecule has 1 atom stereocenters. The first-order valence-corrected chi connectivity index (χ1v) is 13.4. The second kappa shape index (κ2) is 6.30. The van der Waals surface area contributed by atoms with E-state index in [1.807, 2.05) is 14.2 Å². The van der Waals surface area contributed by atoms with Crippen LogP contribution in [0.1, 0.15) is 32.1 Å². The van der Waals surface area contributed by atoms with Gasteiger partial charge >= 0.3 is 8.56 Å². The summed E-state index contributed by atoms with van der Waals surface area (Å²) in [5.74, 6) is 0. The molecular formula is C16H30O2Si2. The van der Waals surface area contributed by atoms with Gasteiger partial charge in [0.05, 0.1) is 8.07 Å². The highest BCUT2D eigenvalue weighted by atomic mass is 28.4. The van der Waals surface area contributed by atoms with Crippen LogP contribution in [0.2, 0.25) is 30.7 Å². The van der Waals surface area contributed by atoms with Crippen molar-refractivity contribution in [2.75, 3.05) is 14.2 Å². The van der Waals surface area contributed by atoms with Gasteiger partial charge in [-0.25, -0.2) is 0 Å². The predicted octanol–water partition coefficient (Wildman–Crippen LogP) is 4.80. The number of hydrogen-bond acceptors (Lipinski definition) is 2. The first kappa shape index (κ1) is 16.2. The van der Waals surface area contributed by atoms with Crippen molar-refractivity contribution in [3.05, 3.63) is 23.4 Å². The van der Waals surface area contributed by atoms with Crippen LogP contribution in [0.3, 0.4) is 0 Å². The Balaban J connectivity index is 2.25. The zero-order valence-electron chi connectivity index (χ0n) is 13.7. The lowest BCUT2D eigenvalue weighted by molar-refractivity contribution is 0.214. The molecule has 114 valence electrons. The fourth-order valence-corrected chi connectivity index (χ4v) is 9.08. The summed E-state index contributed by atoms with van der Waals surface area (Å²) in [6.07, 6.45) is 13.8. The van der Waals surface area contributed by atoms with Gasteiger partial charge in [-0.15, -0.1) is 0 Å². The molecule has 2 nitrogen and oxygen atoms in total. The molecule has 0 aliphatic heterocycles. The summed E-state index contributed by atoms with van der Waals surface area (Å²) < 4.78 is 12.2. The van der Waals surface area contributed by atoms with E-state index < -0.39 is 16.6 Å². The minimum Gasteiger partial charge on any atom is -0.397 e. The lowest BCUT2D eigenvalue weighted by Gasteiger charge is -2.40. The van der Waals surface area contributed by atoms with Crippen LogP contribution in [0.5, 0.6) is 0 Å². The Labute approximate surface area is 126 Å². The summed E-state index contributed by atoms with van der Waals surface area (Å²) in [6.45, 7) is 7.24. The Hall–Kier alpha value is -0.166. The molecular weight excluding hydrogens is 280 g/mol. The van der Waals surface area contributed by atoms with Crippen LogP contribution >= 0.6 is 0 Å². The van der Waals surface area contributed by atoms with Crippen LogP contribution in [0.15, 0.2) is 23.4 Å². The first-order valence-electron chi connectivity index (χ1n) is 7.95. The molecule has 0 spiro atoms. The summed E-state index contributed by atoms with van der Waals surface area (Å²) in [6, 6.07) is 0. The Morgan fingerprint density at radius 1 is 1.00 bits per heavy atom. The quantitative estimate of drug-likeness (QED) is 0.679. The molecule has 0 aromatic rings. The average Bonchev–Trinajstić information content (AvgIpc) is 2.92. The summed E-state index contributed by atoms with van der Waals surface area (Å²) in [5.41, 5.74) is 1.06. The van der Waals surface area contributed by atoms with E-state index in [0.717, 1.165) is 0 Å². The summed E-state index contributed by atoms with van der Waals surface area (Å²) in [5, 5.41) is 1.56. The van der Waals surface area contributed by atoms with Crippen molar-refractivity contribution < 1.29 is 8.85 Å². The van der Waals surface area contributed by atoms with Gasteiger partial charge < -0.3 is 8.85 Å². The van der Waals surface area contributed by atoms with E-state index in [1.54, 1.807) is 5.20 Å². The second-order valence-electron chi connectivity index (χ2n) is 7.22. The van der Waals surface area contributed by atoms with Crippen molar-refractivity contribution in [3.8, 4) is 0 Å². The van der Waals surface area contributed by atoms with E-state index in [4.69, 9.17) is 8.85 Å². The van der Waals surface area contributed by atoms with Crippen LogP contribution in [0.4, 0.5) is 0 Å². The molecule has 0 aromatic carbocycles. The van der Waals surface area contributed by atoms with E-state index in [-0.39, 0.29) is 0 Å². The van der Waals surface area contributed by atoms with Crippen LogP contribution < -0.4 is 0 Å². The Bertz CT molecular complexity index is 386. The van der Waals surface area contributed by atoms with Crippen molar-refractivity contribution in [2.45, 2.75) is 62.8 Å². The fourth-order valence-electron chi connectivity index (χ4n) is 3.73. The van der Waals surface area contributed by atoms with Gasteiger partial charge in [0.2, 0.25) is 0 Å². The molecule has 0 aromatic heterocycles. The predicted molar refractivity (Wildman–Crippen MR) is 90.9 cm³/mol. The molecule has 2 aliphatic carbocycles. The van der Waals surface area contributed by atoms with E-state index in [0.29, 0.717) is 11.1 Å².